The summed E-state index contributed by atoms with van der Waals surface area (Å²) in [6.45, 7) is 6.99. The highest BCUT2D eigenvalue weighted by atomic mass is 16.6. The van der Waals surface area contributed by atoms with Crippen LogP contribution >= 0.6 is 0 Å². The van der Waals surface area contributed by atoms with Crippen molar-refractivity contribution in [2.45, 2.75) is 38.8 Å². The molecule has 0 spiro atoms. The van der Waals surface area contributed by atoms with Crippen molar-refractivity contribution in [3.05, 3.63) is 0 Å². The van der Waals surface area contributed by atoms with E-state index in [1.807, 2.05) is 20.8 Å². The summed E-state index contributed by atoms with van der Waals surface area (Å²) in [7, 11) is 1.34. The molecule has 18 heavy (non-hydrogen) atoms. The fourth-order valence-electron chi connectivity index (χ4n) is 1.71. The minimum absolute atomic E-state index is 0.279. The lowest BCUT2D eigenvalue weighted by Crippen LogP contribution is -2.47. The Labute approximate surface area is 108 Å². The lowest BCUT2D eigenvalue weighted by Gasteiger charge is -2.27. The molecule has 6 heteroatoms. The fourth-order valence-corrected chi connectivity index (χ4v) is 1.71. The maximum absolute atomic E-state index is 11.9. The van der Waals surface area contributed by atoms with Gasteiger partial charge in [-0.3, -0.25) is 4.79 Å². The minimum Gasteiger partial charge on any atom is -0.468 e. The molecule has 6 nitrogen and oxygen atoms in total. The van der Waals surface area contributed by atoms with Gasteiger partial charge in [-0.05, 0) is 33.7 Å². The molecule has 0 aromatic heterocycles. The molecule has 1 fully saturated rings. The SMILES string of the molecule is COC(=O)C1CN(C(=O)OC(C)(C)C)CCCN1. The molecule has 0 bridgehead atoms. The van der Waals surface area contributed by atoms with Gasteiger partial charge in [-0.1, -0.05) is 0 Å². The number of ether oxygens (including phenoxy) is 2. The molecule has 1 rings (SSSR count). The summed E-state index contributed by atoms with van der Waals surface area (Å²) in [6.07, 6.45) is 0.396. The molecule has 1 aliphatic rings. The molecule has 1 saturated heterocycles. The van der Waals surface area contributed by atoms with Gasteiger partial charge in [-0.25, -0.2) is 4.79 Å². The first-order valence-electron chi connectivity index (χ1n) is 6.12. The van der Waals surface area contributed by atoms with E-state index in [-0.39, 0.29) is 18.6 Å². The molecule has 1 aliphatic heterocycles. The second-order valence-corrected chi connectivity index (χ2v) is 5.31. The number of hydrogen-bond acceptors (Lipinski definition) is 5. The van der Waals surface area contributed by atoms with Crippen LogP contribution in [0.15, 0.2) is 0 Å². The molecular formula is C12H22N2O4. The van der Waals surface area contributed by atoms with Crippen LogP contribution in [0.1, 0.15) is 27.2 Å². The first kappa shape index (κ1) is 14.8. The van der Waals surface area contributed by atoms with Crippen LogP contribution in [0.5, 0.6) is 0 Å². The third-order valence-corrected chi connectivity index (χ3v) is 2.54. The maximum atomic E-state index is 11.9. The lowest BCUT2D eigenvalue weighted by molar-refractivity contribution is -0.143. The van der Waals surface area contributed by atoms with Crippen LogP contribution in [-0.2, 0) is 14.3 Å². The molecule has 1 amide bonds. The van der Waals surface area contributed by atoms with Gasteiger partial charge < -0.3 is 19.7 Å². The minimum atomic E-state index is -0.530. The highest BCUT2D eigenvalue weighted by molar-refractivity contribution is 5.77. The van der Waals surface area contributed by atoms with Crippen LogP contribution in [0.25, 0.3) is 0 Å². The van der Waals surface area contributed by atoms with Crippen molar-refractivity contribution in [1.29, 1.82) is 0 Å². The van der Waals surface area contributed by atoms with Crippen LogP contribution in [0.2, 0.25) is 0 Å². The van der Waals surface area contributed by atoms with Gasteiger partial charge in [0.15, 0.2) is 0 Å². The molecule has 0 saturated carbocycles. The van der Waals surface area contributed by atoms with Crippen molar-refractivity contribution in [1.82, 2.24) is 10.2 Å². The Balaban J connectivity index is 2.64. The molecular weight excluding hydrogens is 236 g/mol. The van der Waals surface area contributed by atoms with E-state index in [4.69, 9.17) is 9.47 Å². The third-order valence-electron chi connectivity index (χ3n) is 2.54. The van der Waals surface area contributed by atoms with Crippen molar-refractivity contribution in [2.24, 2.45) is 0 Å². The summed E-state index contributed by atoms with van der Waals surface area (Å²) in [5, 5.41) is 3.06. The maximum Gasteiger partial charge on any atom is 0.410 e. The first-order chi connectivity index (χ1) is 8.33. The van der Waals surface area contributed by atoms with Gasteiger partial charge in [-0.15, -0.1) is 0 Å². The molecule has 0 aliphatic carbocycles. The molecule has 1 heterocycles. The predicted molar refractivity (Wildman–Crippen MR) is 66.2 cm³/mol. The lowest BCUT2D eigenvalue weighted by atomic mass is 10.2. The van der Waals surface area contributed by atoms with Crippen LogP contribution in [0.3, 0.4) is 0 Å². The molecule has 1 atom stereocenters. The van der Waals surface area contributed by atoms with Gasteiger partial charge in [0.2, 0.25) is 0 Å². The summed E-state index contributed by atoms with van der Waals surface area (Å²) in [5.41, 5.74) is -0.530. The van der Waals surface area contributed by atoms with Crippen LogP contribution < -0.4 is 5.32 Å². The summed E-state index contributed by atoms with van der Waals surface area (Å²) < 4.78 is 10.00. The van der Waals surface area contributed by atoms with E-state index >= 15 is 0 Å². The highest BCUT2D eigenvalue weighted by Gasteiger charge is 2.29. The molecule has 104 valence electrons. The number of esters is 1. The van der Waals surface area contributed by atoms with Crippen molar-refractivity contribution in [2.75, 3.05) is 26.7 Å². The zero-order chi connectivity index (χ0) is 13.8. The Hall–Kier alpha value is -1.30. The van der Waals surface area contributed by atoms with E-state index in [9.17, 15) is 9.59 Å². The normalized spacial score (nSPS) is 21.1. The Kier molecular flexibility index (Phi) is 4.95. The van der Waals surface area contributed by atoms with Crippen LogP contribution in [0, 0.1) is 0 Å². The smallest absolute Gasteiger partial charge is 0.410 e. The molecule has 1 N–H and O–H groups in total. The van der Waals surface area contributed by atoms with Crippen LogP contribution in [0.4, 0.5) is 4.79 Å². The Morgan fingerprint density at radius 1 is 1.33 bits per heavy atom. The summed E-state index contributed by atoms with van der Waals surface area (Å²) >= 11 is 0. The molecule has 0 radical (unpaired) electrons. The van der Waals surface area contributed by atoms with E-state index in [0.717, 1.165) is 6.42 Å². The standard InChI is InChI=1S/C12H22N2O4/c1-12(2,3)18-11(16)14-7-5-6-13-9(8-14)10(15)17-4/h9,13H,5-8H2,1-4H3. The fraction of sp³-hybridized carbons (Fsp3) is 0.833. The highest BCUT2D eigenvalue weighted by Crippen LogP contribution is 2.12. The van der Waals surface area contributed by atoms with Gasteiger partial charge in [0.25, 0.3) is 0 Å². The molecule has 0 aromatic rings. The summed E-state index contributed by atoms with van der Waals surface area (Å²) in [4.78, 5) is 25.0. The van der Waals surface area contributed by atoms with E-state index in [1.54, 1.807) is 4.90 Å². The quantitative estimate of drug-likeness (QED) is 0.703. The zero-order valence-corrected chi connectivity index (χ0v) is 11.5. The molecule has 0 aromatic carbocycles. The van der Waals surface area contributed by atoms with Gasteiger partial charge in [0, 0.05) is 6.54 Å². The number of nitrogens with one attached hydrogen (secondary N) is 1. The number of carbonyl (C=O) groups is 2. The number of methoxy groups -OCH3 is 1. The number of hydrogen-bond donors (Lipinski definition) is 1. The number of rotatable bonds is 1. The summed E-state index contributed by atoms with van der Waals surface area (Å²) in [5.74, 6) is -0.356. The topological polar surface area (TPSA) is 67.9 Å². The van der Waals surface area contributed by atoms with Gasteiger partial charge in [0.1, 0.15) is 11.6 Å². The van der Waals surface area contributed by atoms with Crippen molar-refractivity contribution >= 4 is 12.1 Å². The van der Waals surface area contributed by atoms with Crippen LogP contribution in [-0.4, -0.2) is 55.3 Å². The average molecular weight is 258 g/mol. The van der Waals surface area contributed by atoms with Crippen molar-refractivity contribution in [3.63, 3.8) is 0 Å². The molecule has 1 unspecified atom stereocenters. The average Bonchev–Trinajstić information content (AvgIpc) is 2.51. The van der Waals surface area contributed by atoms with Gasteiger partial charge >= 0.3 is 12.1 Å². The number of amides is 1. The Bertz CT molecular complexity index is 312. The first-order valence-corrected chi connectivity index (χ1v) is 6.12. The van der Waals surface area contributed by atoms with E-state index in [0.29, 0.717) is 13.1 Å². The number of carbonyl (C=O) groups excluding carboxylic acids is 2. The van der Waals surface area contributed by atoms with E-state index in [2.05, 4.69) is 5.32 Å². The third kappa shape index (κ3) is 4.52. The summed E-state index contributed by atoms with van der Waals surface area (Å²) in [6, 6.07) is -0.481. The number of nitrogens with zero attached hydrogens (tertiary/aromatic N) is 1. The monoisotopic (exact) mass is 258 g/mol. The second kappa shape index (κ2) is 6.04. The van der Waals surface area contributed by atoms with Gasteiger partial charge in [-0.2, -0.15) is 0 Å². The van der Waals surface area contributed by atoms with Crippen molar-refractivity contribution in [3.8, 4) is 0 Å². The largest absolute Gasteiger partial charge is 0.468 e. The van der Waals surface area contributed by atoms with Crippen molar-refractivity contribution < 1.29 is 19.1 Å². The van der Waals surface area contributed by atoms with Gasteiger partial charge in [0.05, 0.1) is 13.7 Å². The second-order valence-electron chi connectivity index (χ2n) is 5.31. The Morgan fingerprint density at radius 2 is 2.00 bits per heavy atom. The van der Waals surface area contributed by atoms with E-state index in [1.165, 1.54) is 7.11 Å². The zero-order valence-electron chi connectivity index (χ0n) is 11.5. The van der Waals surface area contributed by atoms with E-state index < -0.39 is 11.6 Å². The predicted octanol–water partition coefficient (Wildman–Crippen LogP) is 0.758. The Morgan fingerprint density at radius 3 is 2.56 bits per heavy atom.